The highest BCUT2D eigenvalue weighted by molar-refractivity contribution is 5.39. The van der Waals surface area contributed by atoms with E-state index in [4.69, 9.17) is 0 Å². The fourth-order valence-electron chi connectivity index (χ4n) is 2.23. The Bertz CT molecular complexity index is 389. The van der Waals surface area contributed by atoms with Gasteiger partial charge < -0.3 is 15.3 Å². The zero-order valence-corrected chi connectivity index (χ0v) is 10.2. The van der Waals surface area contributed by atoms with E-state index in [1.165, 1.54) is 12.1 Å². The zero-order chi connectivity index (χ0) is 12.3. The van der Waals surface area contributed by atoms with Crippen molar-refractivity contribution in [2.75, 3.05) is 32.7 Å². The molecule has 1 fully saturated rings. The number of hydrogen-bond acceptors (Lipinski definition) is 3. The molecule has 0 bridgehead atoms. The SMILES string of the molecule is Cc1c(F)ccc(O)c1CCN1CCNCC1. The smallest absolute Gasteiger partial charge is 0.126 e. The number of nitrogens with zero attached hydrogens (tertiary/aromatic N) is 1. The monoisotopic (exact) mass is 238 g/mol. The second kappa shape index (κ2) is 5.47. The predicted molar refractivity (Wildman–Crippen MR) is 65.8 cm³/mol. The van der Waals surface area contributed by atoms with Crippen LogP contribution in [0.2, 0.25) is 0 Å². The molecule has 2 rings (SSSR count). The van der Waals surface area contributed by atoms with Crippen LogP contribution in [0, 0.1) is 12.7 Å². The van der Waals surface area contributed by atoms with Crippen LogP contribution in [0.15, 0.2) is 12.1 Å². The maximum Gasteiger partial charge on any atom is 0.126 e. The van der Waals surface area contributed by atoms with Gasteiger partial charge in [-0.05, 0) is 31.0 Å². The van der Waals surface area contributed by atoms with Crippen LogP contribution in [0.1, 0.15) is 11.1 Å². The molecular weight excluding hydrogens is 219 g/mol. The van der Waals surface area contributed by atoms with E-state index in [0.29, 0.717) is 12.0 Å². The Labute approximate surface area is 101 Å². The summed E-state index contributed by atoms with van der Waals surface area (Å²) in [6.45, 7) is 6.66. The van der Waals surface area contributed by atoms with Crippen LogP contribution in [-0.2, 0) is 6.42 Å². The third kappa shape index (κ3) is 2.96. The summed E-state index contributed by atoms with van der Waals surface area (Å²) >= 11 is 0. The van der Waals surface area contributed by atoms with E-state index >= 15 is 0 Å². The molecule has 1 aromatic rings. The lowest BCUT2D eigenvalue weighted by atomic mass is 10.0. The molecule has 3 nitrogen and oxygen atoms in total. The second-order valence-corrected chi connectivity index (χ2v) is 4.51. The van der Waals surface area contributed by atoms with Gasteiger partial charge in [0.05, 0.1) is 0 Å². The minimum atomic E-state index is -0.238. The number of halogens is 1. The lowest BCUT2D eigenvalue weighted by Crippen LogP contribution is -2.44. The molecule has 0 aliphatic carbocycles. The first-order chi connectivity index (χ1) is 8.18. The summed E-state index contributed by atoms with van der Waals surface area (Å²) < 4.78 is 13.4. The van der Waals surface area contributed by atoms with Gasteiger partial charge >= 0.3 is 0 Å². The predicted octanol–water partition coefficient (Wildman–Crippen LogP) is 1.29. The molecule has 1 heterocycles. The van der Waals surface area contributed by atoms with E-state index in [2.05, 4.69) is 10.2 Å². The first-order valence-corrected chi connectivity index (χ1v) is 6.08. The Morgan fingerprint density at radius 1 is 1.35 bits per heavy atom. The van der Waals surface area contributed by atoms with Gasteiger partial charge in [-0.15, -0.1) is 0 Å². The van der Waals surface area contributed by atoms with Gasteiger partial charge in [0, 0.05) is 38.3 Å². The van der Waals surface area contributed by atoms with Gasteiger partial charge in [-0.25, -0.2) is 4.39 Å². The first-order valence-electron chi connectivity index (χ1n) is 6.08. The van der Waals surface area contributed by atoms with Crippen molar-refractivity contribution < 1.29 is 9.50 Å². The van der Waals surface area contributed by atoms with Gasteiger partial charge in [-0.1, -0.05) is 0 Å². The Balaban J connectivity index is 2.00. The number of benzene rings is 1. The van der Waals surface area contributed by atoms with Crippen LogP contribution in [0.4, 0.5) is 4.39 Å². The summed E-state index contributed by atoms with van der Waals surface area (Å²) in [4.78, 5) is 2.33. The molecule has 94 valence electrons. The molecule has 1 aromatic carbocycles. The highest BCUT2D eigenvalue weighted by Gasteiger charge is 2.13. The summed E-state index contributed by atoms with van der Waals surface area (Å²) in [5.74, 6) is -0.0304. The van der Waals surface area contributed by atoms with Crippen LogP contribution in [0.3, 0.4) is 0 Å². The van der Waals surface area contributed by atoms with E-state index in [9.17, 15) is 9.50 Å². The summed E-state index contributed by atoms with van der Waals surface area (Å²) in [6.07, 6.45) is 0.704. The third-order valence-electron chi connectivity index (χ3n) is 3.40. The fraction of sp³-hybridized carbons (Fsp3) is 0.538. The van der Waals surface area contributed by atoms with Gasteiger partial charge in [0.15, 0.2) is 0 Å². The molecule has 4 heteroatoms. The lowest BCUT2D eigenvalue weighted by Gasteiger charge is -2.27. The summed E-state index contributed by atoms with van der Waals surface area (Å²) in [6, 6.07) is 2.76. The minimum absolute atomic E-state index is 0.207. The highest BCUT2D eigenvalue weighted by atomic mass is 19.1. The highest BCUT2D eigenvalue weighted by Crippen LogP contribution is 2.23. The van der Waals surface area contributed by atoms with Gasteiger partial charge in [-0.3, -0.25) is 0 Å². The molecule has 1 aliphatic heterocycles. The summed E-state index contributed by atoms with van der Waals surface area (Å²) in [7, 11) is 0. The van der Waals surface area contributed by atoms with Crippen LogP contribution >= 0.6 is 0 Å². The van der Waals surface area contributed by atoms with Crippen molar-refractivity contribution in [2.24, 2.45) is 0 Å². The lowest BCUT2D eigenvalue weighted by molar-refractivity contribution is 0.243. The number of hydrogen-bond donors (Lipinski definition) is 2. The molecule has 0 saturated carbocycles. The maximum absolute atomic E-state index is 13.4. The van der Waals surface area contributed by atoms with E-state index in [-0.39, 0.29) is 11.6 Å². The van der Waals surface area contributed by atoms with Crippen LogP contribution in [0.25, 0.3) is 0 Å². The largest absolute Gasteiger partial charge is 0.508 e. The number of phenolic OH excluding ortho intramolecular Hbond substituents is 1. The Morgan fingerprint density at radius 2 is 2.06 bits per heavy atom. The van der Waals surface area contributed by atoms with Gasteiger partial charge in [0.25, 0.3) is 0 Å². The van der Waals surface area contributed by atoms with Crippen molar-refractivity contribution in [2.45, 2.75) is 13.3 Å². The number of rotatable bonds is 3. The molecule has 0 spiro atoms. The summed E-state index contributed by atoms with van der Waals surface area (Å²) in [5.41, 5.74) is 1.31. The molecule has 17 heavy (non-hydrogen) atoms. The molecule has 1 aliphatic rings. The number of piperazine rings is 1. The molecule has 2 N–H and O–H groups in total. The van der Waals surface area contributed by atoms with Crippen molar-refractivity contribution in [3.8, 4) is 5.75 Å². The van der Waals surface area contributed by atoms with Crippen LogP contribution in [0.5, 0.6) is 5.75 Å². The third-order valence-corrected chi connectivity index (χ3v) is 3.40. The fourth-order valence-corrected chi connectivity index (χ4v) is 2.23. The molecule has 0 atom stereocenters. The van der Waals surface area contributed by atoms with Crippen molar-refractivity contribution in [1.29, 1.82) is 0 Å². The molecule has 0 radical (unpaired) electrons. The molecule has 1 saturated heterocycles. The van der Waals surface area contributed by atoms with Crippen molar-refractivity contribution in [3.63, 3.8) is 0 Å². The average Bonchev–Trinajstić information content (AvgIpc) is 2.35. The second-order valence-electron chi connectivity index (χ2n) is 4.51. The first kappa shape index (κ1) is 12.3. The quantitative estimate of drug-likeness (QED) is 0.833. The van der Waals surface area contributed by atoms with Gasteiger partial charge in [-0.2, -0.15) is 0 Å². The Hall–Kier alpha value is -1.13. The zero-order valence-electron chi connectivity index (χ0n) is 10.2. The minimum Gasteiger partial charge on any atom is -0.508 e. The molecule has 0 unspecified atom stereocenters. The van der Waals surface area contributed by atoms with Gasteiger partial charge in [0.2, 0.25) is 0 Å². The van der Waals surface area contributed by atoms with Crippen molar-refractivity contribution >= 4 is 0 Å². The van der Waals surface area contributed by atoms with E-state index in [0.717, 1.165) is 38.3 Å². The standard InChI is InChI=1S/C13H19FN2O/c1-10-11(13(17)3-2-12(10)14)4-7-16-8-5-15-6-9-16/h2-3,15,17H,4-9H2,1H3. The Morgan fingerprint density at radius 3 is 2.76 bits per heavy atom. The van der Waals surface area contributed by atoms with Crippen LogP contribution < -0.4 is 5.32 Å². The maximum atomic E-state index is 13.4. The Kier molecular flexibility index (Phi) is 3.97. The molecule has 0 amide bonds. The van der Waals surface area contributed by atoms with E-state index in [1.54, 1.807) is 6.92 Å². The average molecular weight is 238 g/mol. The van der Waals surface area contributed by atoms with Gasteiger partial charge in [0.1, 0.15) is 11.6 Å². The van der Waals surface area contributed by atoms with Crippen molar-refractivity contribution in [1.82, 2.24) is 10.2 Å². The normalized spacial score (nSPS) is 17.3. The molecular formula is C13H19FN2O. The molecule has 0 aromatic heterocycles. The van der Waals surface area contributed by atoms with Crippen LogP contribution in [-0.4, -0.2) is 42.7 Å². The number of aromatic hydroxyl groups is 1. The topological polar surface area (TPSA) is 35.5 Å². The van der Waals surface area contributed by atoms with E-state index < -0.39 is 0 Å². The number of nitrogens with one attached hydrogen (secondary N) is 1. The summed E-state index contributed by atoms with van der Waals surface area (Å²) in [5, 5.41) is 13.0. The van der Waals surface area contributed by atoms with Crippen molar-refractivity contribution in [3.05, 3.63) is 29.1 Å². The van der Waals surface area contributed by atoms with E-state index in [1.807, 2.05) is 0 Å². The number of phenols is 1.